The van der Waals surface area contributed by atoms with Gasteiger partial charge in [0.1, 0.15) is 0 Å². The molecular weight excluding hydrogens is 520 g/mol. The van der Waals surface area contributed by atoms with Crippen LogP contribution in [0.25, 0.3) is 0 Å². The number of rotatable bonds is 4. The number of nitrogens with one attached hydrogen (secondary N) is 2. The summed E-state index contributed by atoms with van der Waals surface area (Å²) in [6.45, 7) is 0.0751. The maximum Gasteiger partial charge on any atom is 0.425 e. The number of hydrogen-bond donors (Lipinski definition) is 3. The van der Waals surface area contributed by atoms with E-state index in [0.29, 0.717) is 18.9 Å². The van der Waals surface area contributed by atoms with Gasteiger partial charge < -0.3 is 15.7 Å². The fourth-order valence-electron chi connectivity index (χ4n) is 3.13. The molecule has 2 unspecified atom stereocenters. The number of carbonyl (C=O) groups excluding carboxylic acids is 2. The highest BCUT2D eigenvalue weighted by Crippen LogP contribution is 2.13. The number of aliphatic hydroxyl groups is 1. The van der Waals surface area contributed by atoms with Gasteiger partial charge in [0.25, 0.3) is 9.05 Å². The highest BCUT2D eigenvalue weighted by molar-refractivity contribution is 8.13. The van der Waals surface area contributed by atoms with Gasteiger partial charge in [-0.15, -0.1) is 12.6 Å². The topological polar surface area (TPSA) is 164 Å². The molecule has 192 valence electrons. The van der Waals surface area contributed by atoms with Crippen LogP contribution in [0.4, 0.5) is 0 Å². The van der Waals surface area contributed by atoms with Crippen molar-refractivity contribution in [2.75, 3.05) is 6.61 Å². The number of carbonyl (C=O) groups is 2. The number of hydrogen-bond acceptors (Lipinski definition) is 8. The van der Waals surface area contributed by atoms with Gasteiger partial charge in [0, 0.05) is 29.6 Å². The van der Waals surface area contributed by atoms with Gasteiger partial charge >= 0.3 is 10.6 Å². The Bertz CT molecular complexity index is 1140. The second-order valence-corrected chi connectivity index (χ2v) is 10.4. The molecule has 2 aliphatic heterocycles. The summed E-state index contributed by atoms with van der Waals surface area (Å²) in [5.74, 6) is 0.255. The summed E-state index contributed by atoms with van der Waals surface area (Å²) in [4.78, 5) is 21.5. The Hall–Kier alpha value is -2.80. The minimum absolute atomic E-state index is 0.0301. The summed E-state index contributed by atoms with van der Waals surface area (Å²) in [5, 5.41) is 14.0. The first-order valence-corrected chi connectivity index (χ1v) is 13.8. The van der Waals surface area contributed by atoms with E-state index in [1.807, 2.05) is 18.2 Å². The average Bonchev–Trinajstić information content (AvgIpc) is 3.42. The normalized spacial score (nSPS) is 18.3. The Morgan fingerprint density at radius 3 is 1.57 bits per heavy atom. The van der Waals surface area contributed by atoms with E-state index in [1.54, 1.807) is 18.2 Å². The van der Waals surface area contributed by atoms with E-state index in [9.17, 15) is 18.0 Å². The first-order chi connectivity index (χ1) is 16.5. The molecule has 2 aromatic rings. The van der Waals surface area contributed by atoms with Crippen molar-refractivity contribution in [2.45, 2.75) is 49.1 Å². The molecule has 0 spiro atoms. The molecule has 0 radical (unpaired) electrons. The molecule has 10 nitrogen and oxygen atoms in total. The van der Waals surface area contributed by atoms with Gasteiger partial charge in [-0.25, -0.2) is 8.42 Å². The van der Waals surface area contributed by atoms with Gasteiger partial charge in [-0.2, -0.15) is 0 Å². The fourth-order valence-corrected chi connectivity index (χ4v) is 3.92. The van der Waals surface area contributed by atoms with E-state index < -0.39 is 19.7 Å². The van der Waals surface area contributed by atoms with E-state index in [2.05, 4.69) is 22.8 Å². The van der Waals surface area contributed by atoms with Crippen LogP contribution >= 0.6 is 10.7 Å². The molecule has 0 saturated carbocycles. The van der Waals surface area contributed by atoms with Gasteiger partial charge in [0.05, 0.1) is 17.5 Å². The largest absolute Gasteiger partial charge is 0.425 e. The van der Waals surface area contributed by atoms with E-state index in [-0.39, 0.29) is 29.4 Å². The maximum atomic E-state index is 10.9. The van der Waals surface area contributed by atoms with Crippen LogP contribution in [0.15, 0.2) is 65.6 Å². The lowest BCUT2D eigenvalue weighted by Crippen LogP contribution is -2.28. The van der Waals surface area contributed by atoms with Gasteiger partial charge in [-0.3, -0.25) is 9.59 Å². The van der Waals surface area contributed by atoms with Gasteiger partial charge in [-0.05, 0) is 37.0 Å². The maximum absolute atomic E-state index is 10.9. The zero-order valence-electron chi connectivity index (χ0n) is 18.7. The van der Waals surface area contributed by atoms with Crippen molar-refractivity contribution in [1.29, 1.82) is 0 Å². The van der Waals surface area contributed by atoms with Crippen LogP contribution in [0.5, 0.6) is 0 Å². The van der Waals surface area contributed by atoms with E-state index in [4.69, 9.17) is 28.4 Å². The molecule has 2 heterocycles. The third kappa shape index (κ3) is 14.3. The van der Waals surface area contributed by atoms with Gasteiger partial charge in [0.15, 0.2) is 0 Å². The third-order valence-electron chi connectivity index (χ3n) is 4.74. The Balaban J connectivity index is 0.000000250. The SMILES string of the molecule is O=C1CCC(CO)N1.O=C1CCC(Cc2ccccc2)N1.O=S(=O)(Cl)c1ccccc1.O=S(=O)=O. The van der Waals surface area contributed by atoms with Crippen molar-refractivity contribution in [1.82, 2.24) is 10.6 Å². The predicted molar refractivity (Wildman–Crippen MR) is 129 cm³/mol. The van der Waals surface area contributed by atoms with E-state index in [0.717, 1.165) is 19.3 Å². The van der Waals surface area contributed by atoms with E-state index in [1.165, 1.54) is 17.7 Å². The lowest BCUT2D eigenvalue weighted by molar-refractivity contribution is -0.120. The molecule has 35 heavy (non-hydrogen) atoms. The number of benzene rings is 2. The molecule has 2 aromatic carbocycles. The molecular formula is C22H27ClN2O8S2. The summed E-state index contributed by atoms with van der Waals surface area (Å²) in [6.07, 6.45) is 4.00. The smallest absolute Gasteiger partial charge is 0.394 e. The lowest BCUT2D eigenvalue weighted by atomic mass is 10.1. The molecule has 3 N–H and O–H groups in total. The second kappa shape index (κ2) is 16.0. The number of amides is 2. The van der Waals surface area contributed by atoms with Crippen molar-refractivity contribution in [3.8, 4) is 0 Å². The van der Waals surface area contributed by atoms with E-state index >= 15 is 0 Å². The average molecular weight is 547 g/mol. The predicted octanol–water partition coefficient (Wildman–Crippen LogP) is 1.37. The molecule has 13 heteroatoms. The zero-order chi connectivity index (χ0) is 26.3. The highest BCUT2D eigenvalue weighted by Gasteiger charge is 2.20. The monoisotopic (exact) mass is 546 g/mol. The molecule has 4 rings (SSSR count). The van der Waals surface area contributed by atoms with Crippen LogP contribution in [0, 0.1) is 0 Å². The van der Waals surface area contributed by atoms with Crippen LogP contribution in [0.2, 0.25) is 0 Å². The van der Waals surface area contributed by atoms with Gasteiger partial charge in [-0.1, -0.05) is 48.5 Å². The quantitative estimate of drug-likeness (QED) is 0.484. The van der Waals surface area contributed by atoms with Crippen LogP contribution in [-0.2, 0) is 35.7 Å². The summed E-state index contributed by atoms with van der Waals surface area (Å²) in [5.41, 5.74) is 1.30. The van der Waals surface area contributed by atoms with Crippen LogP contribution in [0.1, 0.15) is 31.2 Å². The summed E-state index contributed by atoms with van der Waals surface area (Å²) in [6, 6.07) is 18.5. The molecule has 2 atom stereocenters. The van der Waals surface area contributed by atoms with Crippen molar-refractivity contribution >= 4 is 42.2 Å². The molecule has 0 aliphatic carbocycles. The first-order valence-electron chi connectivity index (χ1n) is 10.5. The molecule has 2 fully saturated rings. The Labute approximate surface area is 210 Å². The van der Waals surface area contributed by atoms with Crippen molar-refractivity contribution in [2.24, 2.45) is 0 Å². The number of aliphatic hydroxyl groups excluding tert-OH is 1. The fraction of sp³-hybridized carbons (Fsp3) is 0.364. The molecule has 2 saturated heterocycles. The summed E-state index contributed by atoms with van der Waals surface area (Å²) >= 11 is 0. The summed E-state index contributed by atoms with van der Waals surface area (Å²) in [7, 11) is -1.61. The number of halogens is 1. The Morgan fingerprint density at radius 2 is 1.26 bits per heavy atom. The minimum atomic E-state index is -3.53. The molecule has 0 aromatic heterocycles. The minimum Gasteiger partial charge on any atom is -0.394 e. The van der Waals surface area contributed by atoms with Crippen LogP contribution in [-0.4, -0.2) is 56.7 Å². The van der Waals surface area contributed by atoms with Gasteiger partial charge in [0.2, 0.25) is 11.8 Å². The van der Waals surface area contributed by atoms with Crippen LogP contribution in [0.3, 0.4) is 0 Å². The van der Waals surface area contributed by atoms with Crippen LogP contribution < -0.4 is 10.6 Å². The van der Waals surface area contributed by atoms with Crippen molar-refractivity contribution in [3.63, 3.8) is 0 Å². The third-order valence-corrected chi connectivity index (χ3v) is 6.11. The molecule has 2 aliphatic rings. The van der Waals surface area contributed by atoms with Crippen molar-refractivity contribution < 1.29 is 35.7 Å². The highest BCUT2D eigenvalue weighted by atomic mass is 35.7. The Morgan fingerprint density at radius 1 is 0.829 bits per heavy atom. The lowest BCUT2D eigenvalue weighted by Gasteiger charge is -2.08. The second-order valence-electron chi connectivity index (χ2n) is 7.43. The van der Waals surface area contributed by atoms with Crippen molar-refractivity contribution in [3.05, 3.63) is 66.2 Å². The molecule has 2 amide bonds. The first kappa shape index (κ1) is 30.2. The molecule has 0 bridgehead atoms. The summed E-state index contributed by atoms with van der Waals surface area (Å²) < 4.78 is 46.5. The Kier molecular flexibility index (Phi) is 13.8. The zero-order valence-corrected chi connectivity index (χ0v) is 21.1. The standard InChI is InChI=1S/C11H13NO.C6H5ClO2S.C5H9NO2.O3S/c13-11-7-6-10(12-11)8-9-4-2-1-3-5-9;7-10(8,9)6-4-2-1-3-5-6;7-3-4-1-2-5(8)6-4;1-4(2)3/h1-5,10H,6-8H2,(H,12,13);1-5H;4,7H,1-3H2,(H,6,8);.